The monoisotopic (exact) mass is 422 g/mol. The maximum Gasteiger partial charge on any atom is 0.416 e. The molecule has 1 fully saturated rings. The quantitative estimate of drug-likeness (QED) is 0.506. The minimum absolute atomic E-state index is 0.0635. The number of hydrogen-bond donors (Lipinski definition) is 4. The highest BCUT2D eigenvalue weighted by Gasteiger charge is 2.30. The topological polar surface area (TPSA) is 102 Å². The molecule has 3 rings (SSSR count). The molecule has 1 aliphatic carbocycles. The zero-order valence-corrected chi connectivity index (χ0v) is 16.6. The number of nitrogens with zero attached hydrogens (tertiary/aromatic N) is 1. The average molecular weight is 422 g/mol. The molecule has 0 bridgehead atoms. The van der Waals surface area contributed by atoms with Crippen molar-refractivity contribution in [2.45, 2.75) is 51.2 Å². The summed E-state index contributed by atoms with van der Waals surface area (Å²) in [5, 5.41) is 20.3. The van der Waals surface area contributed by atoms with Crippen LogP contribution in [-0.4, -0.2) is 27.4 Å². The number of anilines is 1. The molecule has 2 aromatic rings. The summed E-state index contributed by atoms with van der Waals surface area (Å²) in [5.41, 5.74) is -1.03. The van der Waals surface area contributed by atoms with Crippen LogP contribution in [-0.2, 0) is 12.6 Å². The molecule has 1 aromatic heterocycles. The van der Waals surface area contributed by atoms with Crippen LogP contribution in [0.15, 0.2) is 29.1 Å². The van der Waals surface area contributed by atoms with Gasteiger partial charge in [-0.05, 0) is 30.5 Å². The second-order valence-corrected chi connectivity index (χ2v) is 7.71. The van der Waals surface area contributed by atoms with Gasteiger partial charge < -0.3 is 20.8 Å². The number of halogens is 3. The first kappa shape index (κ1) is 22.0. The predicted molar refractivity (Wildman–Crippen MR) is 108 cm³/mol. The van der Waals surface area contributed by atoms with Crippen LogP contribution < -0.4 is 10.9 Å². The maximum atomic E-state index is 12.8. The SMILES string of the molecule is CC(Nc1nc(CC2CCCC2)[nH]c(=O)c1C(=N)CO)c1ccc(C(F)(F)F)cc1. The summed E-state index contributed by atoms with van der Waals surface area (Å²) in [5.74, 6) is 1.10. The van der Waals surface area contributed by atoms with Crippen LogP contribution in [0.4, 0.5) is 19.0 Å². The van der Waals surface area contributed by atoms with Gasteiger partial charge in [0.1, 0.15) is 17.2 Å². The summed E-state index contributed by atoms with van der Waals surface area (Å²) in [6.45, 7) is 1.10. The normalized spacial score (nSPS) is 15.9. The van der Waals surface area contributed by atoms with Crippen molar-refractivity contribution in [3.8, 4) is 0 Å². The fourth-order valence-corrected chi connectivity index (χ4v) is 3.82. The zero-order valence-electron chi connectivity index (χ0n) is 16.6. The number of aliphatic hydroxyl groups excluding tert-OH is 1. The van der Waals surface area contributed by atoms with Crippen LogP contribution in [0.25, 0.3) is 0 Å². The number of benzene rings is 1. The Morgan fingerprint density at radius 1 is 1.30 bits per heavy atom. The first-order chi connectivity index (χ1) is 14.2. The van der Waals surface area contributed by atoms with Crippen molar-refractivity contribution in [1.29, 1.82) is 5.41 Å². The summed E-state index contributed by atoms with van der Waals surface area (Å²) < 4.78 is 38.4. The van der Waals surface area contributed by atoms with Crippen LogP contribution in [0.2, 0.25) is 0 Å². The van der Waals surface area contributed by atoms with Crippen LogP contribution in [0, 0.1) is 11.3 Å². The average Bonchev–Trinajstić information content (AvgIpc) is 3.19. The van der Waals surface area contributed by atoms with Gasteiger partial charge in [-0.2, -0.15) is 13.2 Å². The molecule has 9 heteroatoms. The van der Waals surface area contributed by atoms with Crippen molar-refractivity contribution in [3.63, 3.8) is 0 Å². The van der Waals surface area contributed by atoms with E-state index in [2.05, 4.69) is 15.3 Å². The number of rotatable bonds is 7. The minimum atomic E-state index is -4.41. The van der Waals surface area contributed by atoms with Crippen LogP contribution in [0.5, 0.6) is 0 Å². The molecule has 1 saturated carbocycles. The lowest BCUT2D eigenvalue weighted by atomic mass is 10.0. The Balaban J connectivity index is 1.88. The lowest BCUT2D eigenvalue weighted by Gasteiger charge is -2.19. The molecule has 1 atom stereocenters. The summed E-state index contributed by atoms with van der Waals surface area (Å²) >= 11 is 0. The summed E-state index contributed by atoms with van der Waals surface area (Å²) in [7, 11) is 0. The molecule has 0 spiro atoms. The Kier molecular flexibility index (Phi) is 6.60. The number of aliphatic hydroxyl groups is 1. The van der Waals surface area contributed by atoms with E-state index in [1.54, 1.807) is 6.92 Å². The lowest BCUT2D eigenvalue weighted by molar-refractivity contribution is -0.137. The molecule has 1 heterocycles. The summed E-state index contributed by atoms with van der Waals surface area (Å²) in [4.78, 5) is 19.8. The van der Waals surface area contributed by atoms with Gasteiger partial charge in [-0.25, -0.2) is 4.98 Å². The van der Waals surface area contributed by atoms with Crippen molar-refractivity contribution >= 4 is 11.5 Å². The van der Waals surface area contributed by atoms with E-state index < -0.39 is 29.9 Å². The van der Waals surface area contributed by atoms with Crippen molar-refractivity contribution in [2.24, 2.45) is 5.92 Å². The third kappa shape index (κ3) is 5.08. The van der Waals surface area contributed by atoms with E-state index in [4.69, 9.17) is 5.41 Å². The molecular formula is C21H25F3N4O2. The molecule has 6 nitrogen and oxygen atoms in total. The smallest absolute Gasteiger partial charge is 0.390 e. The second kappa shape index (κ2) is 8.99. The van der Waals surface area contributed by atoms with Crippen molar-refractivity contribution < 1.29 is 18.3 Å². The van der Waals surface area contributed by atoms with Crippen molar-refractivity contribution in [1.82, 2.24) is 9.97 Å². The molecule has 0 aliphatic heterocycles. The van der Waals surface area contributed by atoms with E-state index in [1.807, 2.05) is 0 Å². The number of aromatic amines is 1. The molecule has 4 N–H and O–H groups in total. The van der Waals surface area contributed by atoms with Gasteiger partial charge in [0.2, 0.25) is 0 Å². The molecule has 1 aromatic carbocycles. The van der Waals surface area contributed by atoms with Crippen molar-refractivity contribution in [2.75, 3.05) is 11.9 Å². The standard InChI is InChI=1S/C21H25F3N4O2/c1-12(14-6-8-15(9-7-14)21(22,23)24)26-19-18(16(25)11-29)20(30)28-17(27-19)10-13-4-2-3-5-13/h6-9,12-13,25,29H,2-5,10-11H2,1H3,(H2,26,27,28,30). The van der Waals surface area contributed by atoms with Gasteiger partial charge in [0.05, 0.1) is 17.9 Å². The van der Waals surface area contributed by atoms with Crippen molar-refractivity contribution in [3.05, 3.63) is 57.1 Å². The Bertz CT molecular complexity index is 948. The highest BCUT2D eigenvalue weighted by Crippen LogP contribution is 2.31. The largest absolute Gasteiger partial charge is 0.416 e. The lowest BCUT2D eigenvalue weighted by Crippen LogP contribution is -2.27. The highest BCUT2D eigenvalue weighted by atomic mass is 19.4. The minimum Gasteiger partial charge on any atom is -0.390 e. The second-order valence-electron chi connectivity index (χ2n) is 7.71. The van der Waals surface area contributed by atoms with E-state index in [1.165, 1.54) is 12.1 Å². The maximum absolute atomic E-state index is 12.8. The summed E-state index contributed by atoms with van der Waals surface area (Å²) in [6.07, 6.45) is 0.648. The van der Waals surface area contributed by atoms with Gasteiger partial charge in [0.25, 0.3) is 5.56 Å². The third-order valence-corrected chi connectivity index (χ3v) is 5.48. The highest BCUT2D eigenvalue weighted by molar-refractivity contribution is 6.02. The Hall–Kier alpha value is -2.68. The fraction of sp³-hybridized carbons (Fsp3) is 0.476. The first-order valence-electron chi connectivity index (χ1n) is 9.94. The molecule has 0 saturated heterocycles. The van der Waals surface area contributed by atoms with Gasteiger partial charge in [-0.1, -0.05) is 37.8 Å². The number of nitrogens with one attached hydrogen (secondary N) is 3. The number of hydrogen-bond acceptors (Lipinski definition) is 5. The number of aromatic nitrogens is 2. The summed E-state index contributed by atoms with van der Waals surface area (Å²) in [6, 6.07) is 4.27. The van der Waals surface area contributed by atoms with E-state index >= 15 is 0 Å². The van der Waals surface area contributed by atoms with Crippen LogP contribution in [0.3, 0.4) is 0 Å². The van der Waals surface area contributed by atoms with E-state index in [9.17, 15) is 23.1 Å². The van der Waals surface area contributed by atoms with Gasteiger partial charge in [-0.15, -0.1) is 0 Å². The van der Waals surface area contributed by atoms with E-state index in [0.717, 1.165) is 37.8 Å². The van der Waals surface area contributed by atoms with Gasteiger partial charge in [0.15, 0.2) is 0 Å². The van der Waals surface area contributed by atoms with Crippen LogP contribution >= 0.6 is 0 Å². The Morgan fingerprint density at radius 3 is 2.50 bits per heavy atom. The predicted octanol–water partition coefficient (Wildman–Crippen LogP) is 4.05. The first-order valence-corrected chi connectivity index (χ1v) is 9.94. The molecule has 0 radical (unpaired) electrons. The van der Waals surface area contributed by atoms with Gasteiger partial charge >= 0.3 is 6.18 Å². The Labute approximate surface area is 172 Å². The fourth-order valence-electron chi connectivity index (χ4n) is 3.82. The molecular weight excluding hydrogens is 397 g/mol. The molecule has 1 aliphatic rings. The molecule has 30 heavy (non-hydrogen) atoms. The Morgan fingerprint density at radius 2 is 1.93 bits per heavy atom. The third-order valence-electron chi connectivity index (χ3n) is 5.48. The van der Waals surface area contributed by atoms with Gasteiger partial charge in [0, 0.05) is 12.5 Å². The number of H-pyrrole nitrogens is 1. The zero-order chi connectivity index (χ0) is 21.9. The van der Waals surface area contributed by atoms with Crippen LogP contribution in [0.1, 0.15) is 61.2 Å². The molecule has 1 unspecified atom stereocenters. The molecule has 162 valence electrons. The molecule has 0 amide bonds. The van der Waals surface area contributed by atoms with E-state index in [0.29, 0.717) is 23.7 Å². The number of alkyl halides is 3. The van der Waals surface area contributed by atoms with Gasteiger partial charge in [-0.3, -0.25) is 4.79 Å². The van der Waals surface area contributed by atoms with E-state index in [-0.39, 0.29) is 17.1 Å².